The van der Waals surface area contributed by atoms with Crippen molar-refractivity contribution in [2.45, 2.75) is 19.4 Å². The van der Waals surface area contributed by atoms with Crippen LogP contribution in [0, 0.1) is 6.92 Å². The minimum absolute atomic E-state index is 0.319. The largest absolute Gasteiger partial charge is 0.325 e. The van der Waals surface area contributed by atoms with Crippen molar-refractivity contribution >= 4 is 34.9 Å². The van der Waals surface area contributed by atoms with Gasteiger partial charge >= 0.3 is 6.03 Å². The van der Waals surface area contributed by atoms with Crippen molar-refractivity contribution in [1.82, 2.24) is 10.2 Å². The molecule has 1 saturated heterocycles. The van der Waals surface area contributed by atoms with E-state index in [1.165, 1.54) is 11.3 Å². The van der Waals surface area contributed by atoms with Crippen molar-refractivity contribution in [3.63, 3.8) is 0 Å². The Morgan fingerprint density at radius 2 is 2.00 bits per heavy atom. The fourth-order valence-corrected chi connectivity index (χ4v) is 3.45. The third kappa shape index (κ3) is 2.78. The number of benzene rings is 1. The zero-order chi connectivity index (χ0) is 17.3. The minimum Gasteiger partial charge on any atom is -0.324 e. The number of aryl methyl sites for hydroxylation is 1. The highest BCUT2D eigenvalue weighted by atomic mass is 32.1. The summed E-state index contributed by atoms with van der Waals surface area (Å²) in [4.78, 5) is 38.7. The number of carbonyl (C=O) groups is 3. The maximum absolute atomic E-state index is 12.7. The van der Waals surface area contributed by atoms with Gasteiger partial charge in [-0.15, -0.1) is 11.3 Å². The van der Waals surface area contributed by atoms with Gasteiger partial charge in [-0.2, -0.15) is 0 Å². The monoisotopic (exact) mass is 343 g/mol. The van der Waals surface area contributed by atoms with Crippen LogP contribution in [0.5, 0.6) is 0 Å². The Balaban J connectivity index is 1.74. The molecule has 2 N–H and O–H groups in total. The molecule has 0 aliphatic carbocycles. The first-order valence-corrected chi connectivity index (χ1v) is 8.33. The number of carbonyl (C=O) groups excluding carboxylic acids is 3. The topological polar surface area (TPSA) is 78.5 Å². The van der Waals surface area contributed by atoms with Gasteiger partial charge < -0.3 is 10.6 Å². The number of anilines is 1. The Morgan fingerprint density at radius 1 is 1.25 bits per heavy atom. The van der Waals surface area contributed by atoms with Gasteiger partial charge in [0.2, 0.25) is 5.91 Å². The maximum atomic E-state index is 12.7. The molecule has 6 nitrogen and oxygen atoms in total. The van der Waals surface area contributed by atoms with E-state index in [0.717, 1.165) is 15.3 Å². The molecule has 24 heavy (non-hydrogen) atoms. The lowest BCUT2D eigenvalue weighted by atomic mass is 10.0. The molecule has 0 bridgehead atoms. The Hall–Kier alpha value is -2.67. The highest BCUT2D eigenvalue weighted by Crippen LogP contribution is 2.31. The van der Waals surface area contributed by atoms with Crippen LogP contribution in [0.4, 0.5) is 10.5 Å². The first-order chi connectivity index (χ1) is 11.4. The molecule has 1 unspecified atom stereocenters. The number of thiophene rings is 1. The number of nitrogens with one attached hydrogen (secondary N) is 2. The minimum atomic E-state index is -1.12. The molecule has 1 fully saturated rings. The van der Waals surface area contributed by atoms with E-state index in [0.29, 0.717) is 5.69 Å². The zero-order valence-electron chi connectivity index (χ0n) is 13.3. The van der Waals surface area contributed by atoms with Crippen LogP contribution in [0.3, 0.4) is 0 Å². The average molecular weight is 343 g/mol. The van der Waals surface area contributed by atoms with Crippen molar-refractivity contribution in [3.8, 4) is 0 Å². The molecule has 124 valence electrons. The van der Waals surface area contributed by atoms with Crippen molar-refractivity contribution in [3.05, 3.63) is 52.2 Å². The van der Waals surface area contributed by atoms with E-state index >= 15 is 0 Å². The lowest BCUT2D eigenvalue weighted by molar-refractivity contribution is -0.133. The summed E-state index contributed by atoms with van der Waals surface area (Å²) in [7, 11) is 0. The van der Waals surface area contributed by atoms with E-state index in [4.69, 9.17) is 0 Å². The Bertz CT molecular complexity index is 803. The van der Waals surface area contributed by atoms with Gasteiger partial charge in [-0.3, -0.25) is 14.5 Å². The van der Waals surface area contributed by atoms with Crippen LogP contribution in [0.15, 0.2) is 41.8 Å². The molecule has 7 heteroatoms. The normalized spacial score (nSPS) is 20.2. The Morgan fingerprint density at radius 3 is 2.67 bits per heavy atom. The van der Waals surface area contributed by atoms with Crippen molar-refractivity contribution in [2.75, 3.05) is 11.9 Å². The average Bonchev–Trinajstić information content (AvgIpc) is 3.14. The van der Waals surface area contributed by atoms with E-state index < -0.39 is 23.4 Å². The third-order valence-electron chi connectivity index (χ3n) is 4.01. The molecular weight excluding hydrogens is 326 g/mol. The summed E-state index contributed by atoms with van der Waals surface area (Å²) in [6, 6.07) is 10.4. The number of rotatable bonds is 4. The molecule has 1 aromatic carbocycles. The molecule has 0 saturated carbocycles. The number of urea groups is 1. The molecule has 2 aromatic rings. The van der Waals surface area contributed by atoms with Gasteiger partial charge in [0.05, 0.1) is 0 Å². The first-order valence-electron chi connectivity index (χ1n) is 7.45. The molecule has 1 aliphatic heterocycles. The molecule has 4 amide bonds. The van der Waals surface area contributed by atoms with E-state index in [2.05, 4.69) is 10.6 Å². The van der Waals surface area contributed by atoms with Crippen LogP contribution in [0.2, 0.25) is 0 Å². The second-order valence-electron chi connectivity index (χ2n) is 5.79. The van der Waals surface area contributed by atoms with E-state index in [1.54, 1.807) is 19.1 Å². The van der Waals surface area contributed by atoms with Gasteiger partial charge in [-0.05, 0) is 36.9 Å². The van der Waals surface area contributed by atoms with Crippen LogP contribution in [0.1, 0.15) is 17.4 Å². The van der Waals surface area contributed by atoms with E-state index in [1.807, 2.05) is 36.6 Å². The van der Waals surface area contributed by atoms with E-state index in [-0.39, 0.29) is 6.54 Å². The van der Waals surface area contributed by atoms with Crippen LogP contribution in [-0.4, -0.2) is 29.3 Å². The number of hydrogen-bond donors (Lipinski definition) is 2. The smallest absolute Gasteiger partial charge is 0.324 e. The molecule has 0 spiro atoms. The summed E-state index contributed by atoms with van der Waals surface area (Å²) in [6.07, 6.45) is 0. The lowest BCUT2D eigenvalue weighted by Gasteiger charge is -2.20. The van der Waals surface area contributed by atoms with Gasteiger partial charge in [0.1, 0.15) is 6.54 Å². The summed E-state index contributed by atoms with van der Waals surface area (Å²) in [5, 5.41) is 7.25. The van der Waals surface area contributed by atoms with Crippen LogP contribution >= 0.6 is 11.3 Å². The standard InChI is InChI=1S/C17H17N3O3S/c1-11-6-3-4-7-12(11)18-14(21)10-20-15(22)17(2,19-16(20)23)13-8-5-9-24-13/h3-9H,10H2,1-2H3,(H,18,21)(H,19,23). The highest BCUT2D eigenvalue weighted by molar-refractivity contribution is 7.10. The summed E-state index contributed by atoms with van der Waals surface area (Å²) in [5.41, 5.74) is 0.454. The zero-order valence-corrected chi connectivity index (χ0v) is 14.1. The predicted octanol–water partition coefficient (Wildman–Crippen LogP) is 2.46. The SMILES string of the molecule is Cc1ccccc1NC(=O)CN1C(=O)NC(C)(c2cccs2)C1=O. The van der Waals surface area contributed by atoms with Crippen LogP contribution in [0.25, 0.3) is 0 Å². The van der Waals surface area contributed by atoms with Gasteiger partial charge in [0.25, 0.3) is 5.91 Å². The van der Waals surface area contributed by atoms with Crippen molar-refractivity contribution in [2.24, 2.45) is 0 Å². The third-order valence-corrected chi connectivity index (χ3v) is 5.10. The second-order valence-corrected chi connectivity index (χ2v) is 6.73. The van der Waals surface area contributed by atoms with Gasteiger partial charge in [-0.1, -0.05) is 24.3 Å². The van der Waals surface area contributed by atoms with Crippen LogP contribution in [-0.2, 0) is 15.1 Å². The van der Waals surface area contributed by atoms with Crippen molar-refractivity contribution < 1.29 is 14.4 Å². The van der Waals surface area contributed by atoms with Crippen LogP contribution < -0.4 is 10.6 Å². The quantitative estimate of drug-likeness (QED) is 0.837. The second kappa shape index (κ2) is 6.09. The Kier molecular flexibility index (Phi) is 4.11. The highest BCUT2D eigenvalue weighted by Gasteiger charge is 2.50. The number of hydrogen-bond acceptors (Lipinski definition) is 4. The van der Waals surface area contributed by atoms with Gasteiger partial charge in [0, 0.05) is 10.6 Å². The number of para-hydroxylation sites is 1. The lowest BCUT2D eigenvalue weighted by Crippen LogP contribution is -2.41. The Labute approximate surface area is 143 Å². The fraction of sp³-hybridized carbons (Fsp3) is 0.235. The molecule has 1 aromatic heterocycles. The first kappa shape index (κ1) is 16.2. The van der Waals surface area contributed by atoms with Crippen molar-refractivity contribution in [1.29, 1.82) is 0 Å². The number of amides is 4. The van der Waals surface area contributed by atoms with Gasteiger partial charge in [0.15, 0.2) is 5.54 Å². The summed E-state index contributed by atoms with van der Waals surface area (Å²) < 4.78 is 0. The number of nitrogens with zero attached hydrogens (tertiary/aromatic N) is 1. The van der Waals surface area contributed by atoms with Gasteiger partial charge in [-0.25, -0.2) is 4.79 Å². The summed E-state index contributed by atoms with van der Waals surface area (Å²) in [6.45, 7) is 3.20. The predicted molar refractivity (Wildman–Crippen MR) is 91.7 cm³/mol. The molecule has 0 radical (unpaired) electrons. The van der Waals surface area contributed by atoms with E-state index in [9.17, 15) is 14.4 Å². The summed E-state index contributed by atoms with van der Waals surface area (Å²) in [5.74, 6) is -0.835. The summed E-state index contributed by atoms with van der Waals surface area (Å²) >= 11 is 1.39. The maximum Gasteiger partial charge on any atom is 0.325 e. The molecule has 3 rings (SSSR count). The molecule has 1 atom stereocenters. The molecule has 2 heterocycles. The molecule has 1 aliphatic rings. The molecular formula is C17H17N3O3S. The number of imide groups is 1. The fourth-order valence-electron chi connectivity index (χ4n) is 2.62.